The van der Waals surface area contributed by atoms with E-state index in [9.17, 15) is 4.39 Å². The molecule has 0 unspecified atom stereocenters. The molecule has 106 valence electrons. The number of fused-ring (bicyclic) bond motifs is 1. The second-order valence-corrected chi connectivity index (χ2v) is 6.16. The summed E-state index contributed by atoms with van der Waals surface area (Å²) in [6.07, 6.45) is 0. The number of rotatable bonds is 1. The van der Waals surface area contributed by atoms with Crippen LogP contribution in [0.3, 0.4) is 0 Å². The Morgan fingerprint density at radius 3 is 2.57 bits per heavy atom. The van der Waals surface area contributed by atoms with Gasteiger partial charge in [0.15, 0.2) is 5.82 Å². The van der Waals surface area contributed by atoms with E-state index < -0.39 is 5.82 Å². The fraction of sp³-hybridized carbons (Fsp3) is 0.0667. The third kappa shape index (κ3) is 2.63. The van der Waals surface area contributed by atoms with Gasteiger partial charge in [-0.15, -0.1) is 0 Å². The van der Waals surface area contributed by atoms with Gasteiger partial charge in [-0.25, -0.2) is 14.4 Å². The van der Waals surface area contributed by atoms with Crippen LogP contribution >= 0.6 is 39.1 Å². The fourth-order valence-corrected chi connectivity index (χ4v) is 2.70. The van der Waals surface area contributed by atoms with Crippen LogP contribution in [-0.4, -0.2) is 9.97 Å². The Morgan fingerprint density at radius 2 is 1.86 bits per heavy atom. The molecular weight excluding hydrogens is 378 g/mol. The number of benzene rings is 2. The zero-order chi connectivity index (χ0) is 15.1. The van der Waals surface area contributed by atoms with E-state index in [0.717, 1.165) is 20.9 Å². The van der Waals surface area contributed by atoms with Crippen molar-refractivity contribution in [3.8, 4) is 11.4 Å². The van der Waals surface area contributed by atoms with Gasteiger partial charge in [0.25, 0.3) is 0 Å². The second-order valence-electron chi connectivity index (χ2n) is 4.54. The van der Waals surface area contributed by atoms with E-state index in [2.05, 4.69) is 25.9 Å². The highest BCUT2D eigenvalue weighted by atomic mass is 79.9. The van der Waals surface area contributed by atoms with Gasteiger partial charge in [-0.3, -0.25) is 0 Å². The SMILES string of the molecule is Cc1c(Br)ccc2c(Cl)nc(-c3ccc(Cl)c(F)c3)nc12. The maximum Gasteiger partial charge on any atom is 0.161 e. The molecule has 0 saturated heterocycles. The zero-order valence-electron chi connectivity index (χ0n) is 10.8. The third-order valence-corrected chi connectivity index (χ3v) is 4.64. The van der Waals surface area contributed by atoms with Gasteiger partial charge >= 0.3 is 0 Å². The van der Waals surface area contributed by atoms with Crippen molar-refractivity contribution in [1.29, 1.82) is 0 Å². The lowest BCUT2D eigenvalue weighted by molar-refractivity contribution is 0.628. The van der Waals surface area contributed by atoms with E-state index in [0.29, 0.717) is 16.5 Å². The smallest absolute Gasteiger partial charge is 0.161 e. The Hall–Kier alpha value is -1.23. The highest BCUT2D eigenvalue weighted by molar-refractivity contribution is 9.10. The topological polar surface area (TPSA) is 25.8 Å². The van der Waals surface area contributed by atoms with Crippen molar-refractivity contribution in [2.45, 2.75) is 6.92 Å². The average molecular weight is 386 g/mol. The molecule has 3 rings (SSSR count). The predicted molar refractivity (Wildman–Crippen MR) is 87.4 cm³/mol. The molecule has 0 aliphatic rings. The Bertz CT molecular complexity index is 868. The number of hydrogen-bond donors (Lipinski definition) is 0. The van der Waals surface area contributed by atoms with Crippen molar-refractivity contribution >= 4 is 50.0 Å². The van der Waals surface area contributed by atoms with Crippen LogP contribution in [0.25, 0.3) is 22.3 Å². The molecule has 6 heteroatoms. The lowest BCUT2D eigenvalue weighted by atomic mass is 10.1. The van der Waals surface area contributed by atoms with Crippen molar-refractivity contribution in [3.05, 3.63) is 56.4 Å². The first-order valence-electron chi connectivity index (χ1n) is 6.05. The molecule has 0 aliphatic carbocycles. The van der Waals surface area contributed by atoms with Gasteiger partial charge in [-0.05, 0) is 42.8 Å². The minimum atomic E-state index is -0.514. The molecule has 1 aromatic heterocycles. The van der Waals surface area contributed by atoms with Crippen LogP contribution < -0.4 is 0 Å². The van der Waals surface area contributed by atoms with Gasteiger partial charge in [0.2, 0.25) is 0 Å². The summed E-state index contributed by atoms with van der Waals surface area (Å²) in [5, 5.41) is 1.15. The normalized spacial score (nSPS) is 11.1. The summed E-state index contributed by atoms with van der Waals surface area (Å²) in [4.78, 5) is 8.74. The predicted octanol–water partition coefficient (Wildman–Crippen LogP) is 5.81. The lowest BCUT2D eigenvalue weighted by Gasteiger charge is -2.08. The number of nitrogens with zero attached hydrogens (tertiary/aromatic N) is 2. The van der Waals surface area contributed by atoms with Gasteiger partial charge in [0.05, 0.1) is 10.5 Å². The molecule has 0 aliphatic heterocycles. The quantitative estimate of drug-likeness (QED) is 0.493. The van der Waals surface area contributed by atoms with Crippen LogP contribution in [0.5, 0.6) is 0 Å². The first kappa shape index (κ1) is 14.7. The summed E-state index contributed by atoms with van der Waals surface area (Å²) in [6.45, 7) is 1.93. The van der Waals surface area contributed by atoms with Gasteiger partial charge in [-0.1, -0.05) is 39.1 Å². The molecule has 0 N–H and O–H groups in total. The maximum atomic E-state index is 13.6. The molecule has 0 bridgehead atoms. The van der Waals surface area contributed by atoms with Crippen LogP contribution in [0.4, 0.5) is 4.39 Å². The molecule has 0 radical (unpaired) electrons. The Balaban J connectivity index is 2.28. The minimum absolute atomic E-state index is 0.0598. The molecule has 0 spiro atoms. The van der Waals surface area contributed by atoms with E-state index in [1.807, 2.05) is 19.1 Å². The fourth-order valence-electron chi connectivity index (χ4n) is 2.03. The van der Waals surface area contributed by atoms with Gasteiger partial charge in [-0.2, -0.15) is 0 Å². The van der Waals surface area contributed by atoms with Crippen molar-refractivity contribution in [3.63, 3.8) is 0 Å². The van der Waals surface area contributed by atoms with Crippen molar-refractivity contribution in [1.82, 2.24) is 9.97 Å². The minimum Gasteiger partial charge on any atom is -0.228 e. The van der Waals surface area contributed by atoms with E-state index in [4.69, 9.17) is 23.2 Å². The summed E-state index contributed by atoms with van der Waals surface area (Å²) >= 11 is 15.4. The van der Waals surface area contributed by atoms with E-state index in [-0.39, 0.29) is 5.02 Å². The van der Waals surface area contributed by atoms with Crippen LogP contribution in [0.2, 0.25) is 10.2 Å². The molecule has 0 amide bonds. The first-order valence-corrected chi connectivity index (χ1v) is 7.60. The second kappa shape index (κ2) is 5.52. The first-order chi connectivity index (χ1) is 9.97. The molecule has 1 heterocycles. The summed E-state index contributed by atoms with van der Waals surface area (Å²) in [5.74, 6) is -0.149. The molecule has 0 atom stereocenters. The summed E-state index contributed by atoms with van der Waals surface area (Å²) in [6, 6.07) is 8.18. The highest BCUT2D eigenvalue weighted by Crippen LogP contribution is 2.31. The third-order valence-electron chi connectivity index (χ3n) is 3.19. The van der Waals surface area contributed by atoms with Crippen molar-refractivity contribution in [2.24, 2.45) is 0 Å². The highest BCUT2D eigenvalue weighted by Gasteiger charge is 2.12. The van der Waals surface area contributed by atoms with Crippen LogP contribution in [-0.2, 0) is 0 Å². The Kier molecular flexibility index (Phi) is 3.86. The zero-order valence-corrected chi connectivity index (χ0v) is 13.9. The Labute approximate surface area is 139 Å². The molecule has 0 saturated carbocycles. The monoisotopic (exact) mass is 384 g/mol. The molecular formula is C15H8BrCl2FN2. The van der Waals surface area contributed by atoms with Crippen molar-refractivity contribution in [2.75, 3.05) is 0 Å². The van der Waals surface area contributed by atoms with Crippen molar-refractivity contribution < 1.29 is 4.39 Å². The van der Waals surface area contributed by atoms with Crippen LogP contribution in [0.15, 0.2) is 34.8 Å². The van der Waals surface area contributed by atoms with Gasteiger partial charge in [0.1, 0.15) is 11.0 Å². The number of halogens is 4. The Morgan fingerprint density at radius 1 is 1.10 bits per heavy atom. The number of aryl methyl sites for hydroxylation is 1. The number of aromatic nitrogens is 2. The van der Waals surface area contributed by atoms with Crippen LogP contribution in [0, 0.1) is 12.7 Å². The standard InChI is InChI=1S/C15H8BrCl2FN2/c1-7-10(16)4-3-9-13(7)20-15(21-14(9)18)8-2-5-11(17)12(19)6-8/h2-6H,1H3. The lowest BCUT2D eigenvalue weighted by Crippen LogP contribution is -1.95. The van der Waals surface area contributed by atoms with Gasteiger partial charge in [0, 0.05) is 15.4 Å². The molecule has 0 fully saturated rings. The largest absolute Gasteiger partial charge is 0.228 e. The summed E-state index contributed by atoms with van der Waals surface area (Å²) in [7, 11) is 0. The molecule has 2 aromatic carbocycles. The van der Waals surface area contributed by atoms with Gasteiger partial charge < -0.3 is 0 Å². The van der Waals surface area contributed by atoms with E-state index in [1.54, 1.807) is 6.07 Å². The average Bonchev–Trinajstić information content (AvgIpc) is 2.46. The summed E-state index contributed by atoms with van der Waals surface area (Å²) < 4.78 is 14.5. The van der Waals surface area contributed by atoms with Crippen LogP contribution in [0.1, 0.15) is 5.56 Å². The summed E-state index contributed by atoms with van der Waals surface area (Å²) in [5.41, 5.74) is 2.21. The van der Waals surface area contributed by atoms with E-state index >= 15 is 0 Å². The van der Waals surface area contributed by atoms with E-state index in [1.165, 1.54) is 12.1 Å². The molecule has 3 aromatic rings. The maximum absolute atomic E-state index is 13.6. The number of hydrogen-bond acceptors (Lipinski definition) is 2. The molecule has 2 nitrogen and oxygen atoms in total. The molecule has 21 heavy (non-hydrogen) atoms.